The van der Waals surface area contributed by atoms with Crippen LogP contribution in [0.15, 0.2) is 47.6 Å². The van der Waals surface area contributed by atoms with Gasteiger partial charge in [-0.1, -0.05) is 36.0 Å². The maximum absolute atomic E-state index is 14.0. The number of hydrogen-bond donors (Lipinski definition) is 2. The van der Waals surface area contributed by atoms with Crippen molar-refractivity contribution in [2.24, 2.45) is 0 Å². The number of aryl methyl sites for hydroxylation is 1. The minimum absolute atomic E-state index is 0.236. The van der Waals surface area contributed by atoms with Gasteiger partial charge in [-0.15, -0.1) is 0 Å². The van der Waals surface area contributed by atoms with E-state index in [0.717, 1.165) is 35.2 Å². The van der Waals surface area contributed by atoms with E-state index >= 15 is 0 Å². The molecule has 0 spiro atoms. The summed E-state index contributed by atoms with van der Waals surface area (Å²) < 4.78 is 14.0. The van der Waals surface area contributed by atoms with E-state index in [1.807, 2.05) is 7.05 Å². The average Bonchev–Trinajstić information content (AvgIpc) is 3.03. The first kappa shape index (κ1) is 14.7. The van der Waals surface area contributed by atoms with Crippen molar-refractivity contribution in [1.29, 1.82) is 0 Å². The third-order valence-corrected chi connectivity index (χ3v) is 6.08. The Kier molecular flexibility index (Phi) is 3.62. The summed E-state index contributed by atoms with van der Waals surface area (Å²) in [4.78, 5) is 8.00. The highest BCUT2D eigenvalue weighted by molar-refractivity contribution is 8.00. The third kappa shape index (κ3) is 2.44. The number of rotatable bonds is 3. The van der Waals surface area contributed by atoms with Crippen molar-refractivity contribution in [2.75, 3.05) is 7.05 Å². The summed E-state index contributed by atoms with van der Waals surface area (Å²) >= 11 is 1.67. The van der Waals surface area contributed by atoms with Crippen molar-refractivity contribution in [1.82, 2.24) is 15.3 Å². The standard InChI is InChI=1S/C18H18FN3S/c1-20-18(8-4-6-12-5-2-3-7-14(12)18)23-16-10-13(19)9-15-17(16)22-11-21-15/h2-3,5,7,9-11,20H,4,6,8H2,1H3,(H,21,22). The van der Waals surface area contributed by atoms with Crippen molar-refractivity contribution in [2.45, 2.75) is 29.0 Å². The molecule has 1 unspecified atom stereocenters. The van der Waals surface area contributed by atoms with Crippen LogP contribution in [-0.4, -0.2) is 17.0 Å². The van der Waals surface area contributed by atoms with Gasteiger partial charge in [0.25, 0.3) is 0 Å². The van der Waals surface area contributed by atoms with Gasteiger partial charge in [0.2, 0.25) is 0 Å². The van der Waals surface area contributed by atoms with Gasteiger partial charge < -0.3 is 10.3 Å². The number of aromatic amines is 1. The minimum Gasteiger partial charge on any atom is -0.344 e. The Labute approximate surface area is 138 Å². The fourth-order valence-corrected chi connectivity index (χ4v) is 4.92. The van der Waals surface area contributed by atoms with E-state index in [0.29, 0.717) is 0 Å². The molecule has 118 valence electrons. The summed E-state index contributed by atoms with van der Waals surface area (Å²) in [5, 5.41) is 3.50. The molecule has 1 atom stereocenters. The van der Waals surface area contributed by atoms with Crippen molar-refractivity contribution < 1.29 is 4.39 Å². The lowest BCUT2D eigenvalue weighted by Crippen LogP contribution is -2.39. The summed E-state index contributed by atoms with van der Waals surface area (Å²) in [6, 6.07) is 11.6. The molecular formula is C18H18FN3S. The molecule has 1 heterocycles. The molecule has 0 radical (unpaired) electrons. The molecule has 1 aromatic heterocycles. The molecule has 0 aliphatic heterocycles. The van der Waals surface area contributed by atoms with Crippen molar-refractivity contribution in [3.63, 3.8) is 0 Å². The molecule has 0 saturated carbocycles. The smallest absolute Gasteiger partial charge is 0.126 e. The molecule has 3 nitrogen and oxygen atoms in total. The van der Waals surface area contributed by atoms with E-state index < -0.39 is 0 Å². The lowest BCUT2D eigenvalue weighted by molar-refractivity contribution is 0.448. The number of nitrogens with zero attached hydrogens (tertiary/aromatic N) is 1. The van der Waals surface area contributed by atoms with Crippen molar-refractivity contribution in [3.8, 4) is 0 Å². The van der Waals surface area contributed by atoms with Crippen LogP contribution in [0.3, 0.4) is 0 Å². The monoisotopic (exact) mass is 327 g/mol. The van der Waals surface area contributed by atoms with Crippen LogP contribution in [0.2, 0.25) is 0 Å². The van der Waals surface area contributed by atoms with Gasteiger partial charge in [-0.05, 0) is 49.6 Å². The van der Waals surface area contributed by atoms with Crippen LogP contribution < -0.4 is 5.32 Å². The van der Waals surface area contributed by atoms with Crippen LogP contribution in [0.5, 0.6) is 0 Å². The number of halogens is 1. The van der Waals surface area contributed by atoms with Gasteiger partial charge in [-0.25, -0.2) is 9.37 Å². The number of benzene rings is 2. The van der Waals surface area contributed by atoms with Gasteiger partial charge >= 0.3 is 0 Å². The molecule has 1 aliphatic carbocycles. The molecule has 2 aromatic carbocycles. The minimum atomic E-state index is -0.242. The number of fused-ring (bicyclic) bond motifs is 2. The van der Waals surface area contributed by atoms with Crippen LogP contribution >= 0.6 is 11.8 Å². The summed E-state index contributed by atoms with van der Waals surface area (Å²) in [7, 11) is 1.98. The van der Waals surface area contributed by atoms with E-state index in [-0.39, 0.29) is 10.7 Å². The van der Waals surface area contributed by atoms with Crippen LogP contribution in [0, 0.1) is 5.82 Å². The Morgan fingerprint density at radius 2 is 2.17 bits per heavy atom. The van der Waals surface area contributed by atoms with Gasteiger partial charge in [0.15, 0.2) is 0 Å². The normalized spacial score (nSPS) is 20.6. The average molecular weight is 327 g/mol. The Bertz CT molecular complexity index is 860. The molecule has 0 bridgehead atoms. The predicted molar refractivity (Wildman–Crippen MR) is 92.0 cm³/mol. The van der Waals surface area contributed by atoms with E-state index in [2.05, 4.69) is 39.6 Å². The van der Waals surface area contributed by atoms with Crippen LogP contribution in [0.1, 0.15) is 24.0 Å². The second kappa shape index (κ2) is 5.65. The highest BCUT2D eigenvalue weighted by Gasteiger charge is 2.36. The van der Waals surface area contributed by atoms with E-state index in [4.69, 9.17) is 0 Å². The summed E-state index contributed by atoms with van der Waals surface area (Å²) in [6.45, 7) is 0. The molecule has 0 amide bonds. The van der Waals surface area contributed by atoms with Gasteiger partial charge in [-0.2, -0.15) is 0 Å². The zero-order chi connectivity index (χ0) is 15.9. The summed E-state index contributed by atoms with van der Waals surface area (Å²) in [6.07, 6.45) is 4.84. The summed E-state index contributed by atoms with van der Waals surface area (Å²) in [5.74, 6) is -0.236. The Morgan fingerprint density at radius 3 is 3.04 bits per heavy atom. The van der Waals surface area contributed by atoms with Gasteiger partial charge in [0.05, 0.1) is 16.7 Å². The predicted octanol–water partition coefficient (Wildman–Crippen LogP) is 4.20. The van der Waals surface area contributed by atoms with Crippen LogP contribution in [-0.2, 0) is 11.3 Å². The highest BCUT2D eigenvalue weighted by Crippen LogP contribution is 2.48. The highest BCUT2D eigenvalue weighted by atomic mass is 32.2. The first-order chi connectivity index (χ1) is 11.2. The number of H-pyrrole nitrogens is 1. The number of aromatic nitrogens is 2. The number of thioether (sulfide) groups is 1. The van der Waals surface area contributed by atoms with E-state index in [1.165, 1.54) is 17.2 Å². The second-order valence-corrected chi connectivity index (χ2v) is 7.23. The fraction of sp³-hybridized carbons (Fsp3) is 0.278. The molecule has 5 heteroatoms. The Balaban J connectivity index is 1.84. The van der Waals surface area contributed by atoms with E-state index in [1.54, 1.807) is 24.2 Å². The van der Waals surface area contributed by atoms with E-state index in [9.17, 15) is 4.39 Å². The largest absolute Gasteiger partial charge is 0.344 e. The summed E-state index contributed by atoms with van der Waals surface area (Å²) in [5.41, 5.74) is 4.24. The van der Waals surface area contributed by atoms with Gasteiger partial charge in [0.1, 0.15) is 11.3 Å². The third-order valence-electron chi connectivity index (χ3n) is 4.57. The molecule has 0 fully saturated rings. The first-order valence-electron chi connectivity index (χ1n) is 7.81. The second-order valence-electron chi connectivity index (χ2n) is 5.89. The van der Waals surface area contributed by atoms with Crippen LogP contribution in [0.25, 0.3) is 11.0 Å². The van der Waals surface area contributed by atoms with Crippen molar-refractivity contribution in [3.05, 3.63) is 59.7 Å². The first-order valence-corrected chi connectivity index (χ1v) is 8.62. The Morgan fingerprint density at radius 1 is 1.30 bits per heavy atom. The lowest BCUT2D eigenvalue weighted by Gasteiger charge is -2.38. The SMILES string of the molecule is CNC1(Sc2cc(F)cc3[nH]cnc23)CCCc2ccccc21. The number of hydrogen-bond acceptors (Lipinski definition) is 3. The maximum Gasteiger partial charge on any atom is 0.126 e. The van der Waals surface area contributed by atoms with Gasteiger partial charge in [-0.3, -0.25) is 0 Å². The Hall–Kier alpha value is -1.85. The molecule has 1 aliphatic rings. The number of nitrogens with one attached hydrogen (secondary N) is 2. The molecule has 0 saturated heterocycles. The van der Waals surface area contributed by atoms with Crippen LogP contribution in [0.4, 0.5) is 4.39 Å². The zero-order valence-corrected chi connectivity index (χ0v) is 13.7. The zero-order valence-electron chi connectivity index (χ0n) is 12.9. The molecule has 2 N–H and O–H groups in total. The molecular weight excluding hydrogens is 309 g/mol. The van der Waals surface area contributed by atoms with Gasteiger partial charge in [0, 0.05) is 4.90 Å². The fourth-order valence-electron chi connectivity index (χ4n) is 3.46. The molecule has 4 rings (SSSR count). The number of imidazole rings is 1. The topological polar surface area (TPSA) is 40.7 Å². The maximum atomic E-state index is 14.0. The van der Waals surface area contributed by atoms with Crippen molar-refractivity contribution >= 4 is 22.8 Å². The molecule has 23 heavy (non-hydrogen) atoms. The molecule has 3 aromatic rings. The quantitative estimate of drug-likeness (QED) is 0.708. The lowest BCUT2D eigenvalue weighted by atomic mass is 9.87.